The molecule has 100 valence electrons. The van der Waals surface area contributed by atoms with E-state index in [9.17, 15) is 4.39 Å². The normalized spacial score (nSPS) is 19.0. The minimum atomic E-state index is -0.179. The predicted octanol–water partition coefficient (Wildman–Crippen LogP) is 2.16. The molecule has 1 N–H and O–H groups in total. The van der Waals surface area contributed by atoms with Crippen molar-refractivity contribution in [3.05, 3.63) is 29.6 Å². The summed E-state index contributed by atoms with van der Waals surface area (Å²) in [5.41, 5.74) is 1.74. The van der Waals surface area contributed by atoms with E-state index >= 15 is 0 Å². The Labute approximate surface area is 108 Å². The van der Waals surface area contributed by atoms with E-state index in [-0.39, 0.29) is 11.4 Å². The maximum Gasteiger partial charge on any atom is 0.125 e. The Balaban J connectivity index is 2.21. The lowest BCUT2D eigenvalue weighted by atomic mass is 10.1. The largest absolute Gasteiger partial charge is 0.372 e. The van der Waals surface area contributed by atoms with Crippen molar-refractivity contribution in [3.63, 3.8) is 0 Å². The summed E-state index contributed by atoms with van der Waals surface area (Å²) in [5, 5.41) is 3.05. The number of halogens is 1. The van der Waals surface area contributed by atoms with Crippen molar-refractivity contribution in [2.24, 2.45) is 0 Å². The highest BCUT2D eigenvalue weighted by molar-refractivity contribution is 5.49. The summed E-state index contributed by atoms with van der Waals surface area (Å²) in [6, 6.07) is 5.22. The highest BCUT2D eigenvalue weighted by atomic mass is 19.1. The summed E-state index contributed by atoms with van der Waals surface area (Å²) < 4.78 is 19.3. The second kappa shape index (κ2) is 5.24. The molecule has 0 radical (unpaired) electrons. The van der Waals surface area contributed by atoms with Crippen LogP contribution in [-0.2, 0) is 11.3 Å². The topological polar surface area (TPSA) is 24.5 Å². The zero-order valence-electron chi connectivity index (χ0n) is 11.3. The quantitative estimate of drug-likeness (QED) is 0.892. The number of ether oxygens (including phenoxy) is 1. The van der Waals surface area contributed by atoms with Gasteiger partial charge in [0.05, 0.1) is 12.2 Å². The number of nitrogens with zero attached hydrogens (tertiary/aromatic N) is 1. The van der Waals surface area contributed by atoms with Gasteiger partial charge in [0.25, 0.3) is 0 Å². The molecule has 0 aliphatic carbocycles. The molecule has 0 saturated carbocycles. The fourth-order valence-electron chi connectivity index (χ4n) is 2.36. The summed E-state index contributed by atoms with van der Waals surface area (Å²) in [6.07, 6.45) is 0. The van der Waals surface area contributed by atoms with Crippen molar-refractivity contribution >= 4 is 5.69 Å². The molecule has 4 heteroatoms. The van der Waals surface area contributed by atoms with E-state index in [1.807, 2.05) is 13.1 Å². The Kier molecular flexibility index (Phi) is 3.88. The molecular weight excluding hydrogens is 231 g/mol. The van der Waals surface area contributed by atoms with Crippen LogP contribution >= 0.6 is 0 Å². The number of benzene rings is 1. The van der Waals surface area contributed by atoms with Crippen LogP contribution in [0.15, 0.2) is 18.2 Å². The van der Waals surface area contributed by atoms with Gasteiger partial charge in [0, 0.05) is 25.3 Å². The molecular formula is C14H21FN2O. The van der Waals surface area contributed by atoms with Gasteiger partial charge in [-0.2, -0.15) is 0 Å². The number of nitrogens with one attached hydrogen (secondary N) is 1. The Morgan fingerprint density at radius 3 is 2.83 bits per heavy atom. The first-order valence-corrected chi connectivity index (χ1v) is 6.33. The molecule has 0 aromatic heterocycles. The number of anilines is 1. The van der Waals surface area contributed by atoms with E-state index in [0.717, 1.165) is 24.3 Å². The summed E-state index contributed by atoms with van der Waals surface area (Å²) in [4.78, 5) is 2.19. The van der Waals surface area contributed by atoms with E-state index in [4.69, 9.17) is 4.74 Å². The van der Waals surface area contributed by atoms with Gasteiger partial charge in [-0.05, 0) is 44.7 Å². The standard InChI is InChI=1S/C14H21FN2O/c1-14(2)10-17(4-5-18-14)13-7-11(9-16-3)6-12(15)8-13/h6-8,16H,4-5,9-10H2,1-3H3. The van der Waals surface area contributed by atoms with Gasteiger partial charge in [-0.1, -0.05) is 0 Å². The zero-order valence-corrected chi connectivity index (χ0v) is 11.3. The van der Waals surface area contributed by atoms with Crippen LogP contribution in [0.3, 0.4) is 0 Å². The monoisotopic (exact) mass is 252 g/mol. The lowest BCUT2D eigenvalue weighted by Gasteiger charge is -2.39. The van der Waals surface area contributed by atoms with Crippen LogP contribution in [-0.4, -0.2) is 32.3 Å². The Hall–Kier alpha value is -1.13. The van der Waals surface area contributed by atoms with E-state index in [1.54, 1.807) is 12.1 Å². The highest BCUT2D eigenvalue weighted by Crippen LogP contribution is 2.24. The Morgan fingerprint density at radius 1 is 1.39 bits per heavy atom. The predicted molar refractivity (Wildman–Crippen MR) is 71.4 cm³/mol. The van der Waals surface area contributed by atoms with Gasteiger partial charge in [-0.15, -0.1) is 0 Å². The maximum atomic E-state index is 13.6. The molecule has 1 aliphatic heterocycles. The number of rotatable bonds is 3. The molecule has 1 saturated heterocycles. The lowest BCUT2D eigenvalue weighted by molar-refractivity contribution is -0.0277. The number of morpholine rings is 1. The molecule has 0 bridgehead atoms. The van der Waals surface area contributed by atoms with Crippen LogP contribution in [0, 0.1) is 5.82 Å². The smallest absolute Gasteiger partial charge is 0.125 e. The van der Waals surface area contributed by atoms with Crippen molar-refractivity contribution < 1.29 is 9.13 Å². The third kappa shape index (κ3) is 3.21. The van der Waals surface area contributed by atoms with Gasteiger partial charge in [0.1, 0.15) is 5.82 Å². The molecule has 1 fully saturated rings. The molecule has 1 aromatic carbocycles. The fourth-order valence-corrected chi connectivity index (χ4v) is 2.36. The number of hydrogen-bond acceptors (Lipinski definition) is 3. The molecule has 1 heterocycles. The SMILES string of the molecule is CNCc1cc(F)cc(N2CCOC(C)(C)C2)c1. The average molecular weight is 252 g/mol. The third-order valence-corrected chi connectivity index (χ3v) is 3.11. The summed E-state index contributed by atoms with van der Waals surface area (Å²) in [7, 11) is 1.86. The van der Waals surface area contributed by atoms with Crippen molar-refractivity contribution in [3.8, 4) is 0 Å². The van der Waals surface area contributed by atoms with Crippen molar-refractivity contribution in [2.75, 3.05) is 31.6 Å². The van der Waals surface area contributed by atoms with Gasteiger partial charge in [-0.25, -0.2) is 4.39 Å². The first-order valence-electron chi connectivity index (χ1n) is 6.33. The molecule has 0 atom stereocenters. The first-order chi connectivity index (χ1) is 8.50. The van der Waals surface area contributed by atoms with Gasteiger partial charge < -0.3 is 15.0 Å². The van der Waals surface area contributed by atoms with Gasteiger partial charge in [0.2, 0.25) is 0 Å². The molecule has 1 aliphatic rings. The molecule has 1 aromatic rings. The van der Waals surface area contributed by atoms with Crippen molar-refractivity contribution in [1.29, 1.82) is 0 Å². The molecule has 0 spiro atoms. The highest BCUT2D eigenvalue weighted by Gasteiger charge is 2.27. The van der Waals surface area contributed by atoms with Gasteiger partial charge >= 0.3 is 0 Å². The summed E-state index contributed by atoms with van der Waals surface area (Å²) in [5.74, 6) is -0.179. The molecule has 2 rings (SSSR count). The van der Waals surface area contributed by atoms with E-state index in [2.05, 4.69) is 24.1 Å². The Morgan fingerprint density at radius 2 is 2.17 bits per heavy atom. The van der Waals surface area contributed by atoms with Gasteiger partial charge in [-0.3, -0.25) is 0 Å². The molecule has 0 amide bonds. The minimum Gasteiger partial charge on any atom is -0.372 e. The van der Waals surface area contributed by atoms with Crippen LogP contribution in [0.25, 0.3) is 0 Å². The van der Waals surface area contributed by atoms with E-state index in [0.29, 0.717) is 13.2 Å². The lowest BCUT2D eigenvalue weighted by Crippen LogP contribution is -2.48. The average Bonchev–Trinajstić information content (AvgIpc) is 2.27. The second-order valence-electron chi connectivity index (χ2n) is 5.38. The zero-order chi connectivity index (χ0) is 13.2. The number of hydrogen-bond donors (Lipinski definition) is 1. The maximum absolute atomic E-state index is 13.6. The first kappa shape index (κ1) is 13.3. The Bertz CT molecular complexity index is 420. The molecule has 3 nitrogen and oxygen atoms in total. The van der Waals surface area contributed by atoms with Gasteiger partial charge in [0.15, 0.2) is 0 Å². The van der Waals surface area contributed by atoms with E-state index in [1.165, 1.54) is 0 Å². The second-order valence-corrected chi connectivity index (χ2v) is 5.38. The third-order valence-electron chi connectivity index (χ3n) is 3.11. The molecule has 0 unspecified atom stereocenters. The van der Waals surface area contributed by atoms with Crippen molar-refractivity contribution in [2.45, 2.75) is 26.0 Å². The summed E-state index contributed by atoms with van der Waals surface area (Å²) >= 11 is 0. The van der Waals surface area contributed by atoms with Crippen LogP contribution in [0.5, 0.6) is 0 Å². The van der Waals surface area contributed by atoms with Crippen LogP contribution in [0.1, 0.15) is 19.4 Å². The van der Waals surface area contributed by atoms with Crippen LogP contribution in [0.2, 0.25) is 0 Å². The van der Waals surface area contributed by atoms with Crippen molar-refractivity contribution in [1.82, 2.24) is 5.32 Å². The van der Waals surface area contributed by atoms with Crippen LogP contribution in [0.4, 0.5) is 10.1 Å². The minimum absolute atomic E-state index is 0.173. The molecule has 18 heavy (non-hydrogen) atoms. The van der Waals surface area contributed by atoms with E-state index < -0.39 is 0 Å². The van der Waals surface area contributed by atoms with Crippen LogP contribution < -0.4 is 10.2 Å². The fraction of sp³-hybridized carbons (Fsp3) is 0.571. The summed E-state index contributed by atoms with van der Waals surface area (Å²) in [6.45, 7) is 7.09.